The topological polar surface area (TPSA) is 67.8 Å². The number of halogens is 1. The molecule has 0 atom stereocenters. The number of hydrogen-bond donors (Lipinski definition) is 0. The molecule has 1 saturated heterocycles. The maximum atomic E-state index is 12.5. The van der Waals surface area contributed by atoms with Gasteiger partial charge in [0.05, 0.1) is 18.1 Å². The average Bonchev–Trinajstić information content (AvgIpc) is 2.77. The van der Waals surface area contributed by atoms with Gasteiger partial charge in [0, 0.05) is 56.4 Å². The van der Waals surface area contributed by atoms with Crippen LogP contribution in [0.5, 0.6) is 11.5 Å². The number of carbonyl (C=O) groups excluding carboxylic acids is 1. The van der Waals surface area contributed by atoms with Crippen LogP contribution in [0, 0.1) is 0 Å². The van der Waals surface area contributed by atoms with Crippen molar-refractivity contribution in [3.05, 3.63) is 54.9 Å². The Morgan fingerprint density at radius 2 is 1.72 bits per heavy atom. The fraction of sp³-hybridized carbons (Fsp3) is 0.286. The highest BCUT2D eigenvalue weighted by Crippen LogP contribution is 2.22. The number of aromatic nitrogens is 2. The predicted molar refractivity (Wildman–Crippen MR) is 114 cm³/mol. The van der Waals surface area contributed by atoms with Gasteiger partial charge in [-0.05, 0) is 24.3 Å². The number of anilines is 1. The summed E-state index contributed by atoms with van der Waals surface area (Å²) in [6.45, 7) is 2.92. The summed E-state index contributed by atoms with van der Waals surface area (Å²) < 4.78 is 11.0. The molecule has 7 nitrogen and oxygen atoms in total. The Morgan fingerprint density at radius 1 is 0.966 bits per heavy atom. The van der Waals surface area contributed by atoms with E-state index in [1.165, 1.54) is 0 Å². The maximum Gasteiger partial charge on any atom is 0.260 e. The monoisotopic (exact) mass is 414 g/mol. The molecule has 0 bridgehead atoms. The Balaban J connectivity index is 0.00000240. The zero-order valence-electron chi connectivity index (χ0n) is 16.2. The molecule has 1 fully saturated rings. The van der Waals surface area contributed by atoms with E-state index in [-0.39, 0.29) is 24.9 Å². The molecule has 152 valence electrons. The number of ether oxygens (including phenoxy) is 2. The first kappa shape index (κ1) is 20.7. The Kier molecular flexibility index (Phi) is 6.72. The van der Waals surface area contributed by atoms with Gasteiger partial charge in [0.25, 0.3) is 5.91 Å². The third-order valence-corrected chi connectivity index (χ3v) is 4.85. The molecule has 0 aliphatic carbocycles. The highest BCUT2D eigenvalue weighted by Gasteiger charge is 2.22. The van der Waals surface area contributed by atoms with Crippen LogP contribution >= 0.6 is 12.4 Å². The number of fused-ring (bicyclic) bond motifs is 1. The minimum absolute atomic E-state index is 0. The van der Waals surface area contributed by atoms with Gasteiger partial charge in [0.1, 0.15) is 11.5 Å². The summed E-state index contributed by atoms with van der Waals surface area (Å²) in [7, 11) is 1.66. The smallest absolute Gasteiger partial charge is 0.260 e. The van der Waals surface area contributed by atoms with Gasteiger partial charge < -0.3 is 19.3 Å². The number of amides is 1. The van der Waals surface area contributed by atoms with Crippen LogP contribution < -0.4 is 14.4 Å². The van der Waals surface area contributed by atoms with Crippen LogP contribution in [0.15, 0.2) is 54.9 Å². The van der Waals surface area contributed by atoms with Gasteiger partial charge in [-0.25, -0.2) is 0 Å². The number of rotatable bonds is 5. The molecule has 1 aliphatic rings. The summed E-state index contributed by atoms with van der Waals surface area (Å²) in [5.74, 6) is 1.45. The first-order valence-electron chi connectivity index (χ1n) is 9.23. The second kappa shape index (κ2) is 9.43. The molecule has 3 aromatic rings. The predicted octanol–water partition coefficient (Wildman–Crippen LogP) is 2.79. The normalized spacial score (nSPS) is 13.7. The Labute approximate surface area is 175 Å². The van der Waals surface area contributed by atoms with Crippen molar-refractivity contribution in [3.63, 3.8) is 0 Å². The number of carbonyl (C=O) groups is 1. The van der Waals surface area contributed by atoms with Crippen LogP contribution in [0.4, 0.5) is 5.69 Å². The fourth-order valence-corrected chi connectivity index (χ4v) is 3.29. The summed E-state index contributed by atoms with van der Waals surface area (Å²) in [6, 6.07) is 13.4. The van der Waals surface area contributed by atoms with E-state index >= 15 is 0 Å². The Morgan fingerprint density at radius 3 is 2.48 bits per heavy atom. The number of nitrogens with zero attached hydrogens (tertiary/aromatic N) is 4. The van der Waals surface area contributed by atoms with Crippen LogP contribution in [0.3, 0.4) is 0 Å². The molecule has 0 N–H and O–H groups in total. The van der Waals surface area contributed by atoms with E-state index in [0.717, 1.165) is 35.6 Å². The van der Waals surface area contributed by atoms with E-state index in [9.17, 15) is 4.79 Å². The van der Waals surface area contributed by atoms with Crippen LogP contribution in [0.25, 0.3) is 11.0 Å². The lowest BCUT2D eigenvalue weighted by molar-refractivity contribution is -0.133. The number of piperazine rings is 1. The van der Waals surface area contributed by atoms with E-state index in [1.54, 1.807) is 25.6 Å². The minimum Gasteiger partial charge on any atom is -0.497 e. The van der Waals surface area contributed by atoms with E-state index in [2.05, 4.69) is 20.9 Å². The van der Waals surface area contributed by atoms with Gasteiger partial charge in [-0.1, -0.05) is 6.07 Å². The van der Waals surface area contributed by atoms with E-state index in [4.69, 9.17) is 9.47 Å². The van der Waals surface area contributed by atoms with Gasteiger partial charge in [-0.3, -0.25) is 14.8 Å². The summed E-state index contributed by atoms with van der Waals surface area (Å²) in [4.78, 5) is 25.1. The first-order chi connectivity index (χ1) is 13.7. The fourth-order valence-electron chi connectivity index (χ4n) is 3.29. The summed E-state index contributed by atoms with van der Waals surface area (Å²) in [5.41, 5.74) is 2.66. The molecule has 2 heterocycles. The second-order valence-electron chi connectivity index (χ2n) is 6.56. The van der Waals surface area contributed by atoms with Crippen molar-refractivity contribution >= 4 is 35.0 Å². The van der Waals surface area contributed by atoms with Crippen molar-refractivity contribution in [1.82, 2.24) is 14.9 Å². The van der Waals surface area contributed by atoms with Crippen molar-refractivity contribution in [2.24, 2.45) is 0 Å². The minimum atomic E-state index is -0.00969. The molecule has 0 radical (unpaired) electrons. The standard InChI is InChI=1S/C21H22N4O3.ClH/c1-27-17-4-2-3-16(13-17)24-9-11-25(12-10-24)21(26)15-28-18-5-6-19-20(14-18)23-8-7-22-19;/h2-8,13-14H,9-12,15H2,1H3;1H. The van der Waals surface area contributed by atoms with Crippen molar-refractivity contribution in [3.8, 4) is 11.5 Å². The molecular formula is C21H23ClN4O3. The lowest BCUT2D eigenvalue weighted by Gasteiger charge is -2.36. The third kappa shape index (κ3) is 4.86. The molecule has 1 aromatic heterocycles. The largest absolute Gasteiger partial charge is 0.497 e. The molecular weight excluding hydrogens is 392 g/mol. The van der Waals surface area contributed by atoms with Crippen molar-refractivity contribution < 1.29 is 14.3 Å². The number of benzene rings is 2. The second-order valence-corrected chi connectivity index (χ2v) is 6.56. The van der Waals surface area contributed by atoms with E-state index in [0.29, 0.717) is 18.8 Å². The summed E-state index contributed by atoms with van der Waals surface area (Å²) in [5, 5.41) is 0. The van der Waals surface area contributed by atoms with Gasteiger partial charge in [0.15, 0.2) is 6.61 Å². The lowest BCUT2D eigenvalue weighted by atomic mass is 10.2. The first-order valence-corrected chi connectivity index (χ1v) is 9.23. The van der Waals surface area contributed by atoms with Crippen molar-refractivity contribution in [2.75, 3.05) is 44.8 Å². The average molecular weight is 415 g/mol. The number of methoxy groups -OCH3 is 1. The molecule has 0 unspecified atom stereocenters. The highest BCUT2D eigenvalue weighted by molar-refractivity contribution is 5.85. The van der Waals surface area contributed by atoms with Crippen LogP contribution in [-0.4, -0.2) is 60.7 Å². The van der Waals surface area contributed by atoms with Gasteiger partial charge in [0.2, 0.25) is 0 Å². The van der Waals surface area contributed by atoms with Crippen LogP contribution in [-0.2, 0) is 4.79 Å². The zero-order valence-corrected chi connectivity index (χ0v) is 17.0. The van der Waals surface area contributed by atoms with Gasteiger partial charge >= 0.3 is 0 Å². The maximum absolute atomic E-state index is 12.5. The highest BCUT2D eigenvalue weighted by atomic mass is 35.5. The lowest BCUT2D eigenvalue weighted by Crippen LogP contribution is -2.50. The molecule has 0 saturated carbocycles. The van der Waals surface area contributed by atoms with E-state index < -0.39 is 0 Å². The zero-order chi connectivity index (χ0) is 19.3. The van der Waals surface area contributed by atoms with Crippen molar-refractivity contribution in [1.29, 1.82) is 0 Å². The van der Waals surface area contributed by atoms with Crippen LogP contribution in [0.2, 0.25) is 0 Å². The molecule has 29 heavy (non-hydrogen) atoms. The molecule has 1 aliphatic heterocycles. The molecule has 1 amide bonds. The van der Waals surface area contributed by atoms with Crippen molar-refractivity contribution in [2.45, 2.75) is 0 Å². The van der Waals surface area contributed by atoms with E-state index in [1.807, 2.05) is 35.2 Å². The Hall–Kier alpha value is -3.06. The molecule has 4 rings (SSSR count). The van der Waals surface area contributed by atoms with Crippen LogP contribution in [0.1, 0.15) is 0 Å². The SMILES string of the molecule is COc1cccc(N2CCN(C(=O)COc3ccc4nccnc4c3)CC2)c1.Cl. The molecule has 0 spiro atoms. The third-order valence-electron chi connectivity index (χ3n) is 4.85. The number of hydrogen-bond acceptors (Lipinski definition) is 6. The summed E-state index contributed by atoms with van der Waals surface area (Å²) >= 11 is 0. The van der Waals surface area contributed by atoms with Gasteiger partial charge in [-0.2, -0.15) is 0 Å². The molecule has 2 aromatic carbocycles. The molecule has 8 heteroatoms. The summed E-state index contributed by atoms with van der Waals surface area (Å²) in [6.07, 6.45) is 3.29. The van der Waals surface area contributed by atoms with Gasteiger partial charge in [-0.15, -0.1) is 12.4 Å². The Bertz CT molecular complexity index is 977. The quantitative estimate of drug-likeness (QED) is 0.639.